The van der Waals surface area contributed by atoms with E-state index in [0.29, 0.717) is 8.34 Å². The average Bonchev–Trinajstić information content (AvgIpc) is 2.57. The van der Waals surface area contributed by atoms with Gasteiger partial charge < -0.3 is 9.55 Å². The second-order valence-corrected chi connectivity index (χ2v) is 6.25. The fraction of sp³-hybridized carbons (Fsp3) is 0.364. The highest BCUT2D eigenvalue weighted by atomic mass is 127. The zero-order valence-electron chi connectivity index (χ0n) is 9.30. The standard InChI is InChI=1S/C11H12FIN2S2/c1-17-4-2-3-15-10-5-7(12)8(13)6-9(10)14-11(15)16/h5-6H,2-4H2,1H3,(H,14,16). The summed E-state index contributed by atoms with van der Waals surface area (Å²) in [6.07, 6.45) is 3.12. The second kappa shape index (κ2) is 5.71. The second-order valence-electron chi connectivity index (χ2n) is 3.71. The highest BCUT2D eigenvalue weighted by Gasteiger charge is 2.08. The van der Waals surface area contributed by atoms with E-state index in [2.05, 4.69) is 11.2 Å². The lowest BCUT2D eigenvalue weighted by atomic mass is 10.3. The van der Waals surface area contributed by atoms with E-state index in [1.807, 2.05) is 38.9 Å². The first-order chi connectivity index (χ1) is 8.13. The first-order valence-corrected chi connectivity index (χ1v) is 8.08. The Morgan fingerprint density at radius 2 is 2.29 bits per heavy atom. The highest BCUT2D eigenvalue weighted by Crippen LogP contribution is 2.21. The van der Waals surface area contributed by atoms with Crippen LogP contribution in [0.4, 0.5) is 4.39 Å². The molecule has 2 rings (SSSR count). The summed E-state index contributed by atoms with van der Waals surface area (Å²) in [6.45, 7) is 0.833. The third kappa shape index (κ3) is 2.85. The quantitative estimate of drug-likeness (QED) is 0.486. The van der Waals surface area contributed by atoms with E-state index in [1.165, 1.54) is 0 Å². The Balaban J connectivity index is 2.44. The lowest BCUT2D eigenvalue weighted by Gasteiger charge is -2.04. The minimum Gasteiger partial charge on any atom is -0.331 e. The van der Waals surface area contributed by atoms with Gasteiger partial charge in [-0.1, -0.05) is 0 Å². The number of thioether (sulfide) groups is 1. The molecule has 1 aromatic heterocycles. The number of nitrogens with one attached hydrogen (secondary N) is 1. The topological polar surface area (TPSA) is 20.7 Å². The van der Waals surface area contributed by atoms with Crippen LogP contribution in [0.2, 0.25) is 0 Å². The smallest absolute Gasteiger partial charge is 0.178 e. The maximum absolute atomic E-state index is 13.6. The van der Waals surface area contributed by atoms with E-state index < -0.39 is 0 Å². The molecular formula is C11H12FIN2S2. The van der Waals surface area contributed by atoms with Crippen molar-refractivity contribution in [3.63, 3.8) is 0 Å². The van der Waals surface area contributed by atoms with Crippen molar-refractivity contribution in [2.24, 2.45) is 0 Å². The van der Waals surface area contributed by atoms with Gasteiger partial charge in [-0.05, 0) is 59.3 Å². The number of nitrogens with zero attached hydrogens (tertiary/aromatic N) is 1. The molecule has 0 fully saturated rings. The Hall–Kier alpha value is -0.0800. The molecule has 0 atom stereocenters. The zero-order valence-corrected chi connectivity index (χ0v) is 13.1. The molecule has 0 spiro atoms. The summed E-state index contributed by atoms with van der Waals surface area (Å²) < 4.78 is 16.8. The van der Waals surface area contributed by atoms with Gasteiger partial charge in [-0.2, -0.15) is 11.8 Å². The van der Waals surface area contributed by atoms with Gasteiger partial charge >= 0.3 is 0 Å². The number of hydrogen-bond donors (Lipinski definition) is 1. The summed E-state index contributed by atoms with van der Waals surface area (Å²) in [5.74, 6) is 0.895. The molecule has 1 N–H and O–H groups in total. The molecule has 0 saturated carbocycles. The van der Waals surface area contributed by atoms with Crippen LogP contribution in [-0.2, 0) is 6.54 Å². The lowest BCUT2D eigenvalue weighted by molar-refractivity contribution is 0.619. The number of rotatable bonds is 4. The number of aryl methyl sites for hydroxylation is 1. The van der Waals surface area contributed by atoms with Crippen LogP contribution in [0.15, 0.2) is 12.1 Å². The van der Waals surface area contributed by atoms with E-state index in [-0.39, 0.29) is 5.82 Å². The number of fused-ring (bicyclic) bond motifs is 1. The number of aromatic amines is 1. The van der Waals surface area contributed by atoms with Crippen molar-refractivity contribution >= 4 is 57.6 Å². The molecule has 6 heteroatoms. The lowest BCUT2D eigenvalue weighted by Crippen LogP contribution is -1.99. The van der Waals surface area contributed by atoms with Crippen molar-refractivity contribution in [2.45, 2.75) is 13.0 Å². The summed E-state index contributed by atoms with van der Waals surface area (Å²) in [5, 5.41) is 0. The van der Waals surface area contributed by atoms with Gasteiger partial charge in [0, 0.05) is 12.6 Å². The van der Waals surface area contributed by atoms with Crippen molar-refractivity contribution in [3.8, 4) is 0 Å². The van der Waals surface area contributed by atoms with Gasteiger partial charge in [0.25, 0.3) is 0 Å². The third-order valence-corrected chi connectivity index (χ3v) is 4.39. The van der Waals surface area contributed by atoms with Crippen molar-refractivity contribution in [2.75, 3.05) is 12.0 Å². The fourth-order valence-corrected chi connectivity index (χ4v) is 2.93. The largest absolute Gasteiger partial charge is 0.331 e. The van der Waals surface area contributed by atoms with Crippen LogP contribution < -0.4 is 0 Å². The summed E-state index contributed by atoms with van der Waals surface area (Å²) >= 11 is 9.06. The minimum absolute atomic E-state index is 0.189. The number of H-pyrrole nitrogens is 1. The van der Waals surface area contributed by atoms with E-state index in [9.17, 15) is 4.39 Å². The van der Waals surface area contributed by atoms with Crippen molar-refractivity contribution in [1.29, 1.82) is 0 Å². The monoisotopic (exact) mass is 382 g/mol. The molecule has 0 aliphatic carbocycles. The van der Waals surface area contributed by atoms with Crippen LogP contribution in [0.1, 0.15) is 6.42 Å². The van der Waals surface area contributed by atoms with E-state index >= 15 is 0 Å². The average molecular weight is 382 g/mol. The van der Waals surface area contributed by atoms with E-state index in [1.54, 1.807) is 12.1 Å². The van der Waals surface area contributed by atoms with Gasteiger partial charge in [-0.15, -0.1) is 0 Å². The number of halogens is 2. The Labute approximate surface area is 122 Å². The molecular weight excluding hydrogens is 370 g/mol. The van der Waals surface area contributed by atoms with Gasteiger partial charge in [0.1, 0.15) is 5.82 Å². The maximum Gasteiger partial charge on any atom is 0.178 e. The molecule has 0 aliphatic rings. The Morgan fingerprint density at radius 3 is 3.00 bits per heavy atom. The van der Waals surface area contributed by atoms with Gasteiger partial charge in [-0.3, -0.25) is 0 Å². The molecule has 0 amide bonds. The van der Waals surface area contributed by atoms with Gasteiger partial charge in [-0.25, -0.2) is 4.39 Å². The molecule has 92 valence electrons. The Bertz CT molecular complexity index is 591. The molecule has 17 heavy (non-hydrogen) atoms. The van der Waals surface area contributed by atoms with Crippen LogP contribution in [0, 0.1) is 14.2 Å². The number of hydrogen-bond acceptors (Lipinski definition) is 2. The predicted molar refractivity (Wildman–Crippen MR) is 82.8 cm³/mol. The highest BCUT2D eigenvalue weighted by molar-refractivity contribution is 14.1. The molecule has 0 saturated heterocycles. The molecule has 0 aliphatic heterocycles. The first kappa shape index (κ1) is 13.4. The van der Waals surface area contributed by atoms with Crippen molar-refractivity contribution < 1.29 is 4.39 Å². The van der Waals surface area contributed by atoms with Crippen LogP contribution in [-0.4, -0.2) is 21.6 Å². The number of aromatic nitrogens is 2. The Kier molecular flexibility index (Phi) is 4.48. The minimum atomic E-state index is -0.189. The van der Waals surface area contributed by atoms with Gasteiger partial charge in [0.2, 0.25) is 0 Å². The molecule has 2 nitrogen and oxygen atoms in total. The normalized spacial score (nSPS) is 11.2. The zero-order chi connectivity index (χ0) is 12.4. The summed E-state index contributed by atoms with van der Waals surface area (Å²) in [5.41, 5.74) is 1.76. The molecule has 0 unspecified atom stereocenters. The predicted octanol–water partition coefficient (Wildman–Crippen LogP) is 4.20. The van der Waals surface area contributed by atoms with E-state index in [0.717, 1.165) is 29.8 Å². The summed E-state index contributed by atoms with van der Waals surface area (Å²) in [4.78, 5) is 3.12. The maximum atomic E-state index is 13.6. The van der Waals surface area contributed by atoms with Gasteiger partial charge in [0.05, 0.1) is 14.6 Å². The summed E-state index contributed by atoms with van der Waals surface area (Å²) in [6, 6.07) is 3.36. The van der Waals surface area contributed by atoms with Crippen molar-refractivity contribution in [3.05, 3.63) is 26.3 Å². The number of imidazole rings is 1. The first-order valence-electron chi connectivity index (χ1n) is 5.20. The molecule has 1 heterocycles. The number of benzene rings is 1. The van der Waals surface area contributed by atoms with Crippen LogP contribution in [0.5, 0.6) is 0 Å². The SMILES string of the molecule is CSCCCn1c(=S)[nH]c2cc(I)c(F)cc21. The molecule has 0 bridgehead atoms. The Morgan fingerprint density at radius 1 is 1.53 bits per heavy atom. The molecule has 2 aromatic rings. The summed E-state index contributed by atoms with van der Waals surface area (Å²) in [7, 11) is 0. The van der Waals surface area contributed by atoms with Crippen LogP contribution in [0.25, 0.3) is 11.0 Å². The van der Waals surface area contributed by atoms with Crippen LogP contribution >= 0.6 is 46.6 Å². The molecule has 0 radical (unpaired) electrons. The third-order valence-electron chi connectivity index (χ3n) is 2.55. The molecule has 1 aromatic carbocycles. The van der Waals surface area contributed by atoms with Crippen LogP contribution in [0.3, 0.4) is 0 Å². The van der Waals surface area contributed by atoms with E-state index in [4.69, 9.17) is 12.2 Å². The van der Waals surface area contributed by atoms with Gasteiger partial charge in [0.15, 0.2) is 4.77 Å². The van der Waals surface area contributed by atoms with Crippen molar-refractivity contribution in [1.82, 2.24) is 9.55 Å². The fourth-order valence-electron chi connectivity index (χ4n) is 1.74.